The molecule has 1 N–H and O–H groups in total. The van der Waals surface area contributed by atoms with Gasteiger partial charge in [0, 0.05) is 13.1 Å². The van der Waals surface area contributed by atoms with Gasteiger partial charge in [-0.2, -0.15) is 0 Å². The van der Waals surface area contributed by atoms with Crippen LogP contribution in [0, 0.1) is 0 Å². The fraction of sp³-hybridized carbons (Fsp3) is 0.467. The molecule has 0 heterocycles. The highest BCUT2D eigenvalue weighted by molar-refractivity contribution is 6.33. The molecule has 20 heavy (non-hydrogen) atoms. The molecule has 2 amide bonds. The molecule has 110 valence electrons. The van der Waals surface area contributed by atoms with Crippen molar-refractivity contribution in [1.82, 2.24) is 10.2 Å². The number of nitrogens with zero attached hydrogens (tertiary/aromatic N) is 1. The summed E-state index contributed by atoms with van der Waals surface area (Å²) >= 11 is 5.94. The smallest absolute Gasteiger partial charge is 0.253 e. The lowest BCUT2D eigenvalue weighted by Crippen LogP contribution is -2.41. The zero-order valence-corrected chi connectivity index (χ0v) is 12.7. The van der Waals surface area contributed by atoms with E-state index in [-0.39, 0.29) is 18.4 Å². The number of nitrogens with one attached hydrogen (secondary N) is 1. The van der Waals surface area contributed by atoms with Gasteiger partial charge in [-0.15, -0.1) is 0 Å². The maximum atomic E-state index is 12.0. The average Bonchev–Trinajstić information content (AvgIpc) is 2.44. The van der Waals surface area contributed by atoms with Gasteiger partial charge in [0.25, 0.3) is 5.91 Å². The molecule has 0 unspecified atom stereocenters. The molecule has 1 aromatic rings. The molecule has 0 atom stereocenters. The Labute approximate surface area is 125 Å². The SMILES string of the molecule is CCCN(CCC)C(=O)CNC(=O)c1ccccc1Cl. The Hall–Kier alpha value is -1.55. The Morgan fingerprint density at radius 2 is 1.75 bits per heavy atom. The summed E-state index contributed by atoms with van der Waals surface area (Å²) in [5.41, 5.74) is 0.388. The molecule has 0 spiro atoms. The van der Waals surface area contributed by atoms with E-state index in [9.17, 15) is 9.59 Å². The number of hydrogen-bond donors (Lipinski definition) is 1. The number of amides is 2. The summed E-state index contributed by atoms with van der Waals surface area (Å²) in [6.45, 7) is 5.49. The molecule has 0 bridgehead atoms. The van der Waals surface area contributed by atoms with Crippen molar-refractivity contribution >= 4 is 23.4 Å². The van der Waals surface area contributed by atoms with Crippen LogP contribution in [0.2, 0.25) is 5.02 Å². The van der Waals surface area contributed by atoms with Crippen LogP contribution in [0.5, 0.6) is 0 Å². The van der Waals surface area contributed by atoms with Crippen molar-refractivity contribution in [3.8, 4) is 0 Å². The Kier molecular flexibility index (Phi) is 7.09. The van der Waals surface area contributed by atoms with E-state index in [1.165, 1.54) is 0 Å². The van der Waals surface area contributed by atoms with E-state index in [1.54, 1.807) is 29.2 Å². The number of halogens is 1. The first kappa shape index (κ1) is 16.5. The molecule has 0 aliphatic rings. The van der Waals surface area contributed by atoms with Gasteiger partial charge >= 0.3 is 0 Å². The molecule has 0 radical (unpaired) electrons. The van der Waals surface area contributed by atoms with Gasteiger partial charge in [-0.1, -0.05) is 37.6 Å². The van der Waals surface area contributed by atoms with Crippen LogP contribution >= 0.6 is 11.6 Å². The molecular formula is C15H21ClN2O2. The first-order valence-electron chi connectivity index (χ1n) is 6.90. The van der Waals surface area contributed by atoms with Crippen LogP contribution in [0.3, 0.4) is 0 Å². The van der Waals surface area contributed by atoms with E-state index >= 15 is 0 Å². The summed E-state index contributed by atoms with van der Waals surface area (Å²) in [5, 5.41) is 3.01. The summed E-state index contributed by atoms with van der Waals surface area (Å²) < 4.78 is 0. The number of hydrogen-bond acceptors (Lipinski definition) is 2. The van der Waals surface area contributed by atoms with Gasteiger partial charge in [0.05, 0.1) is 17.1 Å². The standard InChI is InChI=1S/C15H21ClN2O2/c1-3-9-18(10-4-2)14(19)11-17-15(20)12-7-5-6-8-13(12)16/h5-8H,3-4,9-11H2,1-2H3,(H,17,20). The third kappa shape index (κ3) is 4.85. The molecular weight excluding hydrogens is 276 g/mol. The molecule has 1 rings (SSSR count). The third-order valence-corrected chi connectivity index (χ3v) is 3.19. The first-order chi connectivity index (χ1) is 9.60. The lowest BCUT2D eigenvalue weighted by molar-refractivity contribution is -0.130. The van der Waals surface area contributed by atoms with Gasteiger partial charge < -0.3 is 10.2 Å². The third-order valence-electron chi connectivity index (χ3n) is 2.86. The monoisotopic (exact) mass is 296 g/mol. The Balaban J connectivity index is 2.55. The van der Waals surface area contributed by atoms with Crippen LogP contribution in [0.4, 0.5) is 0 Å². The van der Waals surface area contributed by atoms with E-state index in [0.29, 0.717) is 23.7 Å². The van der Waals surface area contributed by atoms with Crippen molar-refractivity contribution in [1.29, 1.82) is 0 Å². The van der Waals surface area contributed by atoms with Gasteiger partial charge in [-0.05, 0) is 25.0 Å². The van der Waals surface area contributed by atoms with Crippen LogP contribution in [0.15, 0.2) is 24.3 Å². The molecule has 0 saturated carbocycles. The summed E-state index contributed by atoms with van der Waals surface area (Å²) in [5.74, 6) is -0.383. The molecule has 0 saturated heterocycles. The molecule has 5 heteroatoms. The molecule has 0 fully saturated rings. The zero-order chi connectivity index (χ0) is 15.0. The average molecular weight is 297 g/mol. The zero-order valence-electron chi connectivity index (χ0n) is 12.0. The predicted octanol–water partition coefficient (Wildman–Crippen LogP) is 2.72. The maximum absolute atomic E-state index is 12.0. The lowest BCUT2D eigenvalue weighted by Gasteiger charge is -2.21. The van der Waals surface area contributed by atoms with Crippen molar-refractivity contribution in [3.05, 3.63) is 34.9 Å². The van der Waals surface area contributed by atoms with Crippen LogP contribution in [-0.2, 0) is 4.79 Å². The lowest BCUT2D eigenvalue weighted by atomic mass is 10.2. The van der Waals surface area contributed by atoms with E-state index in [1.807, 2.05) is 13.8 Å². The highest BCUT2D eigenvalue weighted by Crippen LogP contribution is 2.14. The van der Waals surface area contributed by atoms with E-state index in [4.69, 9.17) is 11.6 Å². The van der Waals surface area contributed by atoms with Crippen molar-refractivity contribution in [2.45, 2.75) is 26.7 Å². The Morgan fingerprint density at radius 1 is 1.15 bits per heavy atom. The quantitative estimate of drug-likeness (QED) is 0.841. The van der Waals surface area contributed by atoms with Crippen molar-refractivity contribution in [2.75, 3.05) is 19.6 Å². The minimum atomic E-state index is -0.322. The van der Waals surface area contributed by atoms with E-state index < -0.39 is 0 Å². The minimum absolute atomic E-state index is 0.00402. The second-order valence-corrected chi connectivity index (χ2v) is 4.95. The molecule has 0 aliphatic carbocycles. The van der Waals surface area contributed by atoms with Gasteiger partial charge in [-0.3, -0.25) is 9.59 Å². The normalized spacial score (nSPS) is 10.2. The second kappa shape index (κ2) is 8.59. The van der Waals surface area contributed by atoms with Crippen LogP contribution in [-0.4, -0.2) is 36.3 Å². The number of rotatable bonds is 7. The summed E-state index contributed by atoms with van der Waals surface area (Å²) in [6, 6.07) is 6.79. The number of carbonyl (C=O) groups is 2. The molecule has 1 aromatic carbocycles. The van der Waals surface area contributed by atoms with E-state index in [0.717, 1.165) is 12.8 Å². The highest BCUT2D eigenvalue weighted by atomic mass is 35.5. The summed E-state index contributed by atoms with van der Waals surface area (Å²) in [7, 11) is 0. The topological polar surface area (TPSA) is 49.4 Å². The van der Waals surface area contributed by atoms with Gasteiger partial charge in [0.15, 0.2) is 0 Å². The second-order valence-electron chi connectivity index (χ2n) is 4.54. The number of carbonyl (C=O) groups excluding carboxylic acids is 2. The van der Waals surface area contributed by atoms with Crippen LogP contribution in [0.25, 0.3) is 0 Å². The van der Waals surface area contributed by atoms with Crippen LogP contribution in [0.1, 0.15) is 37.0 Å². The van der Waals surface area contributed by atoms with Crippen molar-refractivity contribution < 1.29 is 9.59 Å². The molecule has 0 aliphatic heterocycles. The van der Waals surface area contributed by atoms with Gasteiger partial charge in [-0.25, -0.2) is 0 Å². The van der Waals surface area contributed by atoms with Crippen LogP contribution < -0.4 is 5.32 Å². The first-order valence-corrected chi connectivity index (χ1v) is 7.28. The fourth-order valence-corrected chi connectivity index (χ4v) is 2.13. The predicted molar refractivity (Wildman–Crippen MR) is 80.9 cm³/mol. The Bertz CT molecular complexity index is 457. The fourth-order valence-electron chi connectivity index (χ4n) is 1.91. The minimum Gasteiger partial charge on any atom is -0.343 e. The van der Waals surface area contributed by atoms with Crippen molar-refractivity contribution in [2.24, 2.45) is 0 Å². The van der Waals surface area contributed by atoms with Crippen molar-refractivity contribution in [3.63, 3.8) is 0 Å². The van der Waals surface area contributed by atoms with E-state index in [2.05, 4.69) is 5.32 Å². The van der Waals surface area contributed by atoms with Gasteiger partial charge in [0.1, 0.15) is 0 Å². The van der Waals surface area contributed by atoms with Gasteiger partial charge in [0.2, 0.25) is 5.91 Å². The molecule has 0 aromatic heterocycles. The molecule has 4 nitrogen and oxygen atoms in total. The summed E-state index contributed by atoms with van der Waals surface area (Å²) in [6.07, 6.45) is 1.81. The Morgan fingerprint density at radius 3 is 2.30 bits per heavy atom. The largest absolute Gasteiger partial charge is 0.343 e. The number of benzene rings is 1. The highest BCUT2D eigenvalue weighted by Gasteiger charge is 2.14. The summed E-state index contributed by atoms with van der Waals surface area (Å²) in [4.78, 5) is 25.7. The maximum Gasteiger partial charge on any atom is 0.253 e.